The van der Waals surface area contributed by atoms with Crippen LogP contribution in [-0.2, 0) is 6.42 Å². The zero-order valence-electron chi connectivity index (χ0n) is 10.6. The SMILES string of the molecule is ClC(CCC1CCCCC1)Cc1ccccc1. The van der Waals surface area contributed by atoms with Crippen LogP contribution < -0.4 is 0 Å². The van der Waals surface area contributed by atoms with Crippen LogP contribution in [0.25, 0.3) is 0 Å². The van der Waals surface area contributed by atoms with Crippen molar-refractivity contribution in [2.24, 2.45) is 5.92 Å². The fourth-order valence-corrected chi connectivity index (χ4v) is 3.17. The van der Waals surface area contributed by atoms with Gasteiger partial charge >= 0.3 is 0 Å². The maximum absolute atomic E-state index is 6.43. The summed E-state index contributed by atoms with van der Waals surface area (Å²) in [7, 11) is 0. The van der Waals surface area contributed by atoms with Gasteiger partial charge < -0.3 is 0 Å². The summed E-state index contributed by atoms with van der Waals surface area (Å²) >= 11 is 6.43. The molecule has 0 spiro atoms. The summed E-state index contributed by atoms with van der Waals surface area (Å²) < 4.78 is 0. The second kappa shape index (κ2) is 7.06. The van der Waals surface area contributed by atoms with E-state index in [1.807, 2.05) is 0 Å². The minimum Gasteiger partial charge on any atom is -0.123 e. The second-order valence-corrected chi connectivity index (χ2v) is 5.99. The highest BCUT2D eigenvalue weighted by Crippen LogP contribution is 2.28. The molecule has 1 aliphatic rings. The van der Waals surface area contributed by atoms with E-state index < -0.39 is 0 Å². The molecule has 0 N–H and O–H groups in total. The van der Waals surface area contributed by atoms with E-state index in [0.29, 0.717) is 5.38 Å². The van der Waals surface area contributed by atoms with Gasteiger partial charge in [-0.1, -0.05) is 62.4 Å². The average molecular weight is 251 g/mol. The Kier molecular flexibility index (Phi) is 5.38. The van der Waals surface area contributed by atoms with Crippen LogP contribution in [0.4, 0.5) is 0 Å². The number of hydrogen-bond donors (Lipinski definition) is 0. The molecular weight excluding hydrogens is 228 g/mol. The quantitative estimate of drug-likeness (QED) is 0.631. The van der Waals surface area contributed by atoms with Crippen molar-refractivity contribution >= 4 is 11.6 Å². The molecule has 0 bridgehead atoms. The van der Waals surface area contributed by atoms with E-state index in [0.717, 1.165) is 12.3 Å². The maximum Gasteiger partial charge on any atom is 0.0376 e. The van der Waals surface area contributed by atoms with Gasteiger partial charge in [-0.15, -0.1) is 11.6 Å². The van der Waals surface area contributed by atoms with Gasteiger partial charge in [-0.3, -0.25) is 0 Å². The molecule has 1 atom stereocenters. The molecule has 1 fully saturated rings. The van der Waals surface area contributed by atoms with Crippen LogP contribution in [0.1, 0.15) is 50.5 Å². The summed E-state index contributed by atoms with van der Waals surface area (Å²) in [6, 6.07) is 10.6. The van der Waals surface area contributed by atoms with Gasteiger partial charge in [0, 0.05) is 5.38 Å². The van der Waals surface area contributed by atoms with Crippen LogP contribution in [0.5, 0.6) is 0 Å². The molecule has 0 heterocycles. The highest BCUT2D eigenvalue weighted by molar-refractivity contribution is 6.20. The standard InChI is InChI=1S/C16H23Cl/c17-16(13-15-9-5-2-6-10-15)12-11-14-7-3-1-4-8-14/h2,5-6,9-10,14,16H,1,3-4,7-8,11-13H2. The van der Waals surface area contributed by atoms with Gasteiger partial charge in [-0.2, -0.15) is 0 Å². The molecule has 0 saturated heterocycles. The van der Waals surface area contributed by atoms with Gasteiger partial charge in [-0.25, -0.2) is 0 Å². The Bertz CT molecular complexity index is 301. The highest BCUT2D eigenvalue weighted by Gasteiger charge is 2.15. The minimum absolute atomic E-state index is 0.319. The molecule has 0 nitrogen and oxygen atoms in total. The lowest BCUT2D eigenvalue weighted by molar-refractivity contribution is 0.330. The molecule has 2 rings (SSSR count). The molecule has 1 aliphatic carbocycles. The molecule has 1 aromatic rings. The molecule has 0 amide bonds. The Morgan fingerprint density at radius 3 is 2.47 bits per heavy atom. The Morgan fingerprint density at radius 2 is 1.76 bits per heavy atom. The zero-order valence-corrected chi connectivity index (χ0v) is 11.3. The topological polar surface area (TPSA) is 0 Å². The summed E-state index contributed by atoms with van der Waals surface area (Å²) in [5.74, 6) is 0.959. The lowest BCUT2D eigenvalue weighted by Crippen LogP contribution is -2.10. The molecule has 0 radical (unpaired) electrons. The molecule has 1 heteroatoms. The fourth-order valence-electron chi connectivity index (χ4n) is 2.86. The van der Waals surface area contributed by atoms with Crippen molar-refractivity contribution < 1.29 is 0 Å². The van der Waals surface area contributed by atoms with E-state index in [-0.39, 0.29) is 0 Å². The first-order valence-corrected chi connectivity index (χ1v) is 7.46. The zero-order chi connectivity index (χ0) is 11.9. The number of rotatable bonds is 5. The summed E-state index contributed by atoms with van der Waals surface area (Å²) in [6.07, 6.45) is 10.7. The highest BCUT2D eigenvalue weighted by atomic mass is 35.5. The van der Waals surface area contributed by atoms with Crippen LogP contribution in [0, 0.1) is 5.92 Å². The number of halogens is 1. The Hall–Kier alpha value is -0.490. The fraction of sp³-hybridized carbons (Fsp3) is 0.625. The van der Waals surface area contributed by atoms with E-state index in [1.54, 1.807) is 0 Å². The predicted molar refractivity (Wildman–Crippen MR) is 75.6 cm³/mol. The van der Waals surface area contributed by atoms with E-state index in [1.165, 1.54) is 50.5 Å². The van der Waals surface area contributed by atoms with Crippen LogP contribution in [0.2, 0.25) is 0 Å². The van der Waals surface area contributed by atoms with E-state index in [9.17, 15) is 0 Å². The van der Waals surface area contributed by atoms with Gasteiger partial charge in [0.15, 0.2) is 0 Å². The molecular formula is C16H23Cl. The summed E-state index contributed by atoms with van der Waals surface area (Å²) in [4.78, 5) is 0. The average Bonchev–Trinajstić information content (AvgIpc) is 2.39. The monoisotopic (exact) mass is 250 g/mol. The van der Waals surface area contributed by atoms with Crippen LogP contribution in [-0.4, -0.2) is 5.38 Å². The Balaban J connectivity index is 1.68. The van der Waals surface area contributed by atoms with Crippen LogP contribution in [0.3, 0.4) is 0 Å². The molecule has 94 valence electrons. The number of hydrogen-bond acceptors (Lipinski definition) is 0. The van der Waals surface area contributed by atoms with E-state index in [4.69, 9.17) is 11.6 Å². The minimum atomic E-state index is 0.319. The Morgan fingerprint density at radius 1 is 1.06 bits per heavy atom. The molecule has 17 heavy (non-hydrogen) atoms. The van der Waals surface area contributed by atoms with Gasteiger partial charge in [-0.05, 0) is 30.7 Å². The van der Waals surface area contributed by atoms with Gasteiger partial charge in [0.1, 0.15) is 0 Å². The first kappa shape index (κ1) is 13.0. The van der Waals surface area contributed by atoms with Crippen molar-refractivity contribution in [3.05, 3.63) is 35.9 Å². The summed E-state index contributed by atoms with van der Waals surface area (Å²) in [5, 5.41) is 0.319. The predicted octanol–water partition coefficient (Wildman–Crippen LogP) is 5.20. The molecule has 1 aromatic carbocycles. The normalized spacial score (nSPS) is 19.1. The smallest absolute Gasteiger partial charge is 0.0376 e. The van der Waals surface area contributed by atoms with Crippen molar-refractivity contribution in [3.8, 4) is 0 Å². The molecule has 1 saturated carbocycles. The Labute approximate surface area is 110 Å². The van der Waals surface area contributed by atoms with Gasteiger partial charge in [0.25, 0.3) is 0 Å². The van der Waals surface area contributed by atoms with Crippen LogP contribution >= 0.6 is 11.6 Å². The van der Waals surface area contributed by atoms with Crippen molar-refractivity contribution in [1.82, 2.24) is 0 Å². The molecule has 0 aromatic heterocycles. The van der Waals surface area contributed by atoms with E-state index >= 15 is 0 Å². The third-order valence-corrected chi connectivity index (χ3v) is 4.29. The first-order valence-electron chi connectivity index (χ1n) is 7.02. The van der Waals surface area contributed by atoms with Crippen molar-refractivity contribution in [1.29, 1.82) is 0 Å². The number of benzene rings is 1. The van der Waals surface area contributed by atoms with E-state index in [2.05, 4.69) is 30.3 Å². The largest absolute Gasteiger partial charge is 0.123 e. The van der Waals surface area contributed by atoms with Crippen LogP contribution in [0.15, 0.2) is 30.3 Å². The maximum atomic E-state index is 6.43. The lowest BCUT2D eigenvalue weighted by atomic mass is 9.85. The third kappa shape index (κ3) is 4.71. The first-order chi connectivity index (χ1) is 8.34. The van der Waals surface area contributed by atoms with Crippen molar-refractivity contribution in [2.45, 2.75) is 56.7 Å². The van der Waals surface area contributed by atoms with Crippen molar-refractivity contribution in [3.63, 3.8) is 0 Å². The van der Waals surface area contributed by atoms with Gasteiger partial charge in [0.2, 0.25) is 0 Å². The summed E-state index contributed by atoms with van der Waals surface area (Å²) in [5.41, 5.74) is 1.37. The van der Waals surface area contributed by atoms with Crippen molar-refractivity contribution in [2.75, 3.05) is 0 Å². The molecule has 0 aliphatic heterocycles. The third-order valence-electron chi connectivity index (χ3n) is 3.91. The molecule has 1 unspecified atom stereocenters. The summed E-state index contributed by atoms with van der Waals surface area (Å²) in [6.45, 7) is 0. The number of alkyl halides is 1. The lowest BCUT2D eigenvalue weighted by Gasteiger charge is -2.22. The second-order valence-electron chi connectivity index (χ2n) is 5.37. The van der Waals surface area contributed by atoms with Gasteiger partial charge in [0.05, 0.1) is 0 Å².